The van der Waals surface area contributed by atoms with Crippen LogP contribution in [0.2, 0.25) is 0 Å². The third-order valence-corrected chi connectivity index (χ3v) is 8.34. The van der Waals surface area contributed by atoms with Gasteiger partial charge < -0.3 is 11.5 Å². The van der Waals surface area contributed by atoms with Crippen LogP contribution >= 0.6 is 0 Å². The molecule has 0 unspecified atom stereocenters. The Bertz CT molecular complexity index is 1240. The van der Waals surface area contributed by atoms with Gasteiger partial charge in [0.15, 0.2) is 11.7 Å². The zero-order chi connectivity index (χ0) is 26.7. The molecule has 0 atom stereocenters. The number of anilines is 2. The summed E-state index contributed by atoms with van der Waals surface area (Å²) >= 11 is 0. The van der Waals surface area contributed by atoms with Gasteiger partial charge in [-0.25, -0.2) is 14.8 Å². The number of carbonyl (C=O) groups is 2. The number of nitrogens with two attached hydrogens (primary N) is 2. The molecule has 2 fully saturated rings. The highest BCUT2D eigenvalue weighted by Crippen LogP contribution is 2.40. The highest BCUT2D eigenvalue weighted by molar-refractivity contribution is 6.14. The molecule has 0 aromatic heterocycles. The van der Waals surface area contributed by atoms with Crippen molar-refractivity contribution in [2.45, 2.75) is 71.1 Å². The van der Waals surface area contributed by atoms with Gasteiger partial charge in [-0.3, -0.25) is 9.69 Å². The summed E-state index contributed by atoms with van der Waals surface area (Å²) in [5.41, 5.74) is 14.6. The molecule has 2 saturated carbocycles. The number of aliphatic imine (C=N–C) groups is 1. The van der Waals surface area contributed by atoms with E-state index in [1.165, 1.54) is 11.4 Å². The second-order valence-electron chi connectivity index (χ2n) is 11.1. The van der Waals surface area contributed by atoms with Crippen LogP contribution in [0.25, 0.3) is 0 Å². The molecule has 3 aliphatic rings. The van der Waals surface area contributed by atoms with Gasteiger partial charge in [0.25, 0.3) is 0 Å². The molecule has 0 bridgehead atoms. The minimum Gasteiger partial charge on any atom is -0.370 e. The van der Waals surface area contributed by atoms with Crippen molar-refractivity contribution in [1.29, 1.82) is 0 Å². The lowest BCUT2D eigenvalue weighted by Gasteiger charge is -2.34. The number of para-hydroxylation sites is 1. The fourth-order valence-corrected chi connectivity index (χ4v) is 6.12. The number of rotatable bonds is 6. The maximum Gasteiger partial charge on any atom is 0.349 e. The molecule has 200 valence electrons. The molecule has 8 heteroatoms. The Hall–Kier alpha value is -3.68. The van der Waals surface area contributed by atoms with Crippen LogP contribution in [0.4, 0.5) is 21.9 Å². The van der Waals surface area contributed by atoms with E-state index in [1.807, 2.05) is 36.4 Å². The van der Waals surface area contributed by atoms with Crippen LogP contribution in [0.5, 0.6) is 0 Å². The topological polar surface area (TPSA) is 117 Å². The number of nitrogens with zero attached hydrogens (tertiary/aromatic N) is 4. The second-order valence-corrected chi connectivity index (χ2v) is 11.1. The summed E-state index contributed by atoms with van der Waals surface area (Å²) in [6.07, 6.45) is 10.6. The number of fused-ring (bicyclic) bond motifs is 1. The zero-order valence-electron chi connectivity index (χ0n) is 22.2. The smallest absolute Gasteiger partial charge is 0.349 e. The van der Waals surface area contributed by atoms with Crippen molar-refractivity contribution in [2.24, 2.45) is 32.9 Å². The molecule has 1 aliphatic heterocycles. The number of hydrazone groups is 1. The molecule has 38 heavy (non-hydrogen) atoms. The summed E-state index contributed by atoms with van der Waals surface area (Å²) < 4.78 is 0. The van der Waals surface area contributed by atoms with Gasteiger partial charge in [-0.05, 0) is 56.0 Å². The highest BCUT2D eigenvalue weighted by Gasteiger charge is 2.39. The number of hydrogen-bond donors (Lipinski definition) is 2. The molecule has 8 nitrogen and oxygen atoms in total. The molecular formula is C30H38N6O2. The minimum atomic E-state index is -0.412. The molecule has 1 heterocycles. The van der Waals surface area contributed by atoms with Crippen LogP contribution in [0.15, 0.2) is 58.6 Å². The van der Waals surface area contributed by atoms with E-state index in [1.54, 1.807) is 17.0 Å². The van der Waals surface area contributed by atoms with Crippen molar-refractivity contribution in [1.82, 2.24) is 5.01 Å². The predicted molar refractivity (Wildman–Crippen MR) is 152 cm³/mol. The van der Waals surface area contributed by atoms with Gasteiger partial charge in [0.1, 0.15) is 6.54 Å². The standard InChI is InChI=1S/C30H38N6O2/c1-30(18-8-3-9-19-30)26(37)20-35-29(38)36(23-16-14-22(15-17-23)33-28(31)32)25-13-7-6-12-24(25)27(34-35)21-10-4-2-5-11-21/h6-7,12-17,21H,2-5,8-11,18-20H2,1H3,(H4,31,32,33). The summed E-state index contributed by atoms with van der Waals surface area (Å²) in [6, 6.07) is 14.8. The normalized spacial score (nSPS) is 19.8. The first-order valence-corrected chi connectivity index (χ1v) is 13.9. The lowest BCUT2D eigenvalue weighted by Crippen LogP contribution is -2.44. The average Bonchev–Trinajstić information content (AvgIpc) is 3.04. The van der Waals surface area contributed by atoms with Crippen molar-refractivity contribution < 1.29 is 9.59 Å². The summed E-state index contributed by atoms with van der Waals surface area (Å²) in [5.74, 6) is 0.316. The molecule has 5 rings (SSSR count). The Balaban J connectivity index is 1.58. The van der Waals surface area contributed by atoms with Gasteiger partial charge in [0.2, 0.25) is 0 Å². The van der Waals surface area contributed by atoms with E-state index < -0.39 is 5.41 Å². The maximum atomic E-state index is 14.2. The number of Topliss-reactive ketones (excluding diaryl/α,β-unsaturated/α-hetero) is 1. The largest absolute Gasteiger partial charge is 0.370 e. The van der Waals surface area contributed by atoms with Crippen molar-refractivity contribution in [3.63, 3.8) is 0 Å². The molecule has 2 amide bonds. The summed E-state index contributed by atoms with van der Waals surface area (Å²) in [5, 5.41) is 6.43. The van der Waals surface area contributed by atoms with E-state index in [2.05, 4.69) is 11.9 Å². The van der Waals surface area contributed by atoms with Crippen molar-refractivity contribution in [3.8, 4) is 0 Å². The van der Waals surface area contributed by atoms with Crippen LogP contribution in [0.3, 0.4) is 0 Å². The molecule has 0 spiro atoms. The Morgan fingerprint density at radius 3 is 2.32 bits per heavy atom. The van der Waals surface area contributed by atoms with E-state index in [4.69, 9.17) is 16.6 Å². The number of benzene rings is 2. The second kappa shape index (κ2) is 11.0. The first-order chi connectivity index (χ1) is 18.4. The van der Waals surface area contributed by atoms with Crippen LogP contribution in [-0.4, -0.2) is 35.0 Å². The van der Waals surface area contributed by atoms with E-state index >= 15 is 0 Å². The number of urea groups is 1. The molecule has 2 aromatic carbocycles. The summed E-state index contributed by atoms with van der Waals surface area (Å²) in [4.78, 5) is 33.7. The Labute approximate surface area is 224 Å². The number of hydrogen-bond acceptors (Lipinski definition) is 4. The van der Waals surface area contributed by atoms with Crippen LogP contribution in [-0.2, 0) is 4.79 Å². The van der Waals surface area contributed by atoms with Crippen LogP contribution in [0.1, 0.15) is 76.7 Å². The van der Waals surface area contributed by atoms with Gasteiger partial charge in [-0.2, -0.15) is 5.10 Å². The molecule has 2 aliphatic carbocycles. The lowest BCUT2D eigenvalue weighted by atomic mass is 9.72. The SMILES string of the molecule is CC1(C(=O)CN2N=C(C3CCCCC3)c3ccccc3N(c3ccc(N=C(N)N)cc3)C2=O)CCCCC1. The first-order valence-electron chi connectivity index (χ1n) is 13.9. The summed E-state index contributed by atoms with van der Waals surface area (Å²) in [6.45, 7) is 2.03. The third-order valence-electron chi connectivity index (χ3n) is 8.34. The quantitative estimate of drug-likeness (QED) is 0.364. The van der Waals surface area contributed by atoms with Crippen LogP contribution in [0, 0.1) is 11.3 Å². The molecule has 2 aromatic rings. The average molecular weight is 515 g/mol. The van der Waals surface area contributed by atoms with Crippen molar-refractivity contribution >= 4 is 40.5 Å². The zero-order valence-corrected chi connectivity index (χ0v) is 22.2. The fraction of sp³-hybridized carbons (Fsp3) is 0.467. The molecule has 0 saturated heterocycles. The van der Waals surface area contributed by atoms with Gasteiger partial charge >= 0.3 is 6.03 Å². The van der Waals surface area contributed by atoms with Gasteiger partial charge in [0, 0.05) is 16.9 Å². The maximum absolute atomic E-state index is 14.2. The molecule has 4 N–H and O–H groups in total. The lowest BCUT2D eigenvalue weighted by molar-refractivity contribution is -0.130. The molecule has 0 radical (unpaired) electrons. The van der Waals surface area contributed by atoms with E-state index in [0.717, 1.165) is 74.7 Å². The van der Waals surface area contributed by atoms with Gasteiger partial charge in [0.05, 0.1) is 22.8 Å². The number of guanidine groups is 1. The summed E-state index contributed by atoms with van der Waals surface area (Å²) in [7, 11) is 0. The fourth-order valence-electron chi connectivity index (χ4n) is 6.12. The molecular weight excluding hydrogens is 476 g/mol. The monoisotopic (exact) mass is 514 g/mol. The highest BCUT2D eigenvalue weighted by atomic mass is 16.2. The predicted octanol–water partition coefficient (Wildman–Crippen LogP) is 5.99. The van der Waals surface area contributed by atoms with Gasteiger partial charge in [-0.15, -0.1) is 0 Å². The van der Waals surface area contributed by atoms with Crippen molar-refractivity contribution in [3.05, 3.63) is 54.1 Å². The van der Waals surface area contributed by atoms with E-state index in [0.29, 0.717) is 11.4 Å². The van der Waals surface area contributed by atoms with E-state index in [-0.39, 0.29) is 30.2 Å². The number of amides is 2. The van der Waals surface area contributed by atoms with Crippen LogP contribution < -0.4 is 16.4 Å². The Kier molecular flexibility index (Phi) is 7.49. The third kappa shape index (κ3) is 5.30. The van der Waals surface area contributed by atoms with Gasteiger partial charge in [-0.1, -0.05) is 63.6 Å². The van der Waals surface area contributed by atoms with E-state index in [9.17, 15) is 9.59 Å². The first kappa shape index (κ1) is 25.9. The Morgan fingerprint density at radius 1 is 0.974 bits per heavy atom. The Morgan fingerprint density at radius 2 is 1.63 bits per heavy atom. The van der Waals surface area contributed by atoms with Crippen molar-refractivity contribution in [2.75, 3.05) is 11.4 Å². The minimum absolute atomic E-state index is 0.0257. The number of carbonyl (C=O) groups excluding carboxylic acids is 2. The number of ketones is 1.